The first-order valence-corrected chi connectivity index (χ1v) is 6.81. The maximum absolute atomic E-state index is 6.06. The molecule has 2 rings (SSSR count). The Morgan fingerprint density at radius 3 is 2.44 bits per heavy atom. The predicted octanol–water partition coefficient (Wildman–Crippen LogP) is 3.40. The van der Waals surface area contributed by atoms with Gasteiger partial charge in [0.1, 0.15) is 10.8 Å². The number of hydrogen-bond acceptors (Lipinski definition) is 4. The summed E-state index contributed by atoms with van der Waals surface area (Å²) in [6, 6.07) is 7.98. The van der Waals surface area contributed by atoms with E-state index >= 15 is 0 Å². The predicted molar refractivity (Wildman–Crippen MR) is 75.9 cm³/mol. The Labute approximate surface area is 112 Å². The van der Waals surface area contributed by atoms with E-state index in [1.165, 1.54) is 0 Å². The van der Waals surface area contributed by atoms with Crippen LogP contribution in [0.2, 0.25) is 0 Å². The fourth-order valence-electron chi connectivity index (χ4n) is 1.57. The molecule has 0 aliphatic heterocycles. The minimum atomic E-state index is -0.332. The van der Waals surface area contributed by atoms with Crippen molar-refractivity contribution in [1.29, 1.82) is 0 Å². The largest absolute Gasteiger partial charge is 0.494 e. The summed E-state index contributed by atoms with van der Waals surface area (Å²) in [5.41, 5.74) is 6.83. The van der Waals surface area contributed by atoms with Gasteiger partial charge in [-0.15, -0.1) is 11.3 Å². The van der Waals surface area contributed by atoms with Gasteiger partial charge in [-0.25, -0.2) is 4.98 Å². The van der Waals surface area contributed by atoms with E-state index < -0.39 is 0 Å². The van der Waals surface area contributed by atoms with Crippen LogP contribution in [0, 0.1) is 0 Å². The molecule has 0 aliphatic carbocycles. The van der Waals surface area contributed by atoms with Crippen LogP contribution in [-0.4, -0.2) is 11.6 Å². The maximum Gasteiger partial charge on any atom is 0.123 e. The highest BCUT2D eigenvalue weighted by atomic mass is 32.1. The minimum Gasteiger partial charge on any atom is -0.494 e. The Hall–Kier alpha value is -1.39. The van der Waals surface area contributed by atoms with Crippen LogP contribution in [0.5, 0.6) is 5.75 Å². The van der Waals surface area contributed by atoms with Gasteiger partial charge in [-0.2, -0.15) is 0 Å². The lowest BCUT2D eigenvalue weighted by Gasteiger charge is -2.14. The zero-order valence-electron chi connectivity index (χ0n) is 10.9. The van der Waals surface area contributed by atoms with Gasteiger partial charge in [0.2, 0.25) is 0 Å². The van der Waals surface area contributed by atoms with Crippen LogP contribution in [-0.2, 0) is 5.54 Å². The van der Waals surface area contributed by atoms with Gasteiger partial charge in [-0.05, 0) is 45.0 Å². The van der Waals surface area contributed by atoms with E-state index in [2.05, 4.69) is 4.98 Å². The van der Waals surface area contributed by atoms with Crippen molar-refractivity contribution in [2.24, 2.45) is 5.73 Å². The number of hydrogen-bond donors (Lipinski definition) is 1. The summed E-state index contributed by atoms with van der Waals surface area (Å²) in [7, 11) is 0. The Morgan fingerprint density at radius 2 is 1.94 bits per heavy atom. The molecule has 96 valence electrons. The third-order valence-electron chi connectivity index (χ3n) is 2.55. The van der Waals surface area contributed by atoms with E-state index in [1.54, 1.807) is 11.3 Å². The maximum atomic E-state index is 6.06. The number of nitrogens with two attached hydrogens (primary N) is 1. The zero-order valence-corrected chi connectivity index (χ0v) is 11.8. The van der Waals surface area contributed by atoms with Crippen molar-refractivity contribution in [2.45, 2.75) is 26.3 Å². The van der Waals surface area contributed by atoms with Gasteiger partial charge < -0.3 is 10.5 Å². The molecule has 0 atom stereocenters. The van der Waals surface area contributed by atoms with Gasteiger partial charge in [0, 0.05) is 22.2 Å². The number of thiazole rings is 1. The second-order valence-electron chi connectivity index (χ2n) is 4.71. The first kappa shape index (κ1) is 13.1. The molecule has 1 aromatic carbocycles. The first-order chi connectivity index (χ1) is 8.50. The van der Waals surface area contributed by atoms with Crippen molar-refractivity contribution >= 4 is 11.3 Å². The average Bonchev–Trinajstić information content (AvgIpc) is 2.79. The Bertz CT molecular complexity index is 511. The number of ether oxygens (including phenoxy) is 1. The summed E-state index contributed by atoms with van der Waals surface area (Å²) in [5, 5.41) is 0.992. The lowest BCUT2D eigenvalue weighted by Crippen LogP contribution is -2.27. The monoisotopic (exact) mass is 262 g/mol. The van der Waals surface area contributed by atoms with E-state index in [0.717, 1.165) is 21.2 Å². The lowest BCUT2D eigenvalue weighted by atomic mass is 10.1. The second kappa shape index (κ2) is 5.08. The van der Waals surface area contributed by atoms with Gasteiger partial charge in [0.25, 0.3) is 0 Å². The highest BCUT2D eigenvalue weighted by molar-refractivity contribution is 7.15. The molecular weight excluding hydrogens is 244 g/mol. The van der Waals surface area contributed by atoms with Gasteiger partial charge in [0.05, 0.1) is 6.61 Å². The molecule has 0 unspecified atom stereocenters. The van der Waals surface area contributed by atoms with Crippen LogP contribution in [0.25, 0.3) is 10.6 Å². The van der Waals surface area contributed by atoms with Crippen molar-refractivity contribution in [2.75, 3.05) is 6.61 Å². The number of benzene rings is 1. The van der Waals surface area contributed by atoms with Crippen LogP contribution in [0.4, 0.5) is 0 Å². The third kappa shape index (κ3) is 2.89. The van der Waals surface area contributed by atoms with E-state index in [9.17, 15) is 0 Å². The molecular formula is C14H18N2OS. The summed E-state index contributed by atoms with van der Waals surface area (Å²) in [5.74, 6) is 0.886. The average molecular weight is 262 g/mol. The van der Waals surface area contributed by atoms with Gasteiger partial charge >= 0.3 is 0 Å². The van der Waals surface area contributed by atoms with E-state index in [1.807, 2.05) is 51.2 Å². The van der Waals surface area contributed by atoms with Crippen molar-refractivity contribution < 1.29 is 4.74 Å². The van der Waals surface area contributed by atoms with Gasteiger partial charge in [0.15, 0.2) is 0 Å². The van der Waals surface area contributed by atoms with Crippen molar-refractivity contribution in [1.82, 2.24) is 4.98 Å². The summed E-state index contributed by atoms with van der Waals surface area (Å²) in [6.07, 6.45) is 1.86. The molecule has 0 fully saturated rings. The number of nitrogens with zero attached hydrogens (tertiary/aromatic N) is 1. The Balaban J connectivity index is 2.23. The van der Waals surface area contributed by atoms with Crippen LogP contribution in [0.15, 0.2) is 30.5 Å². The molecule has 0 bridgehead atoms. The quantitative estimate of drug-likeness (QED) is 0.918. The van der Waals surface area contributed by atoms with Crippen molar-refractivity contribution in [3.05, 3.63) is 35.3 Å². The fraction of sp³-hybridized carbons (Fsp3) is 0.357. The minimum absolute atomic E-state index is 0.332. The normalized spacial score (nSPS) is 11.6. The second-order valence-corrected chi connectivity index (χ2v) is 5.74. The Kier molecular flexibility index (Phi) is 3.68. The molecule has 0 radical (unpaired) electrons. The fourth-order valence-corrected chi connectivity index (χ4v) is 2.50. The van der Waals surface area contributed by atoms with E-state index in [4.69, 9.17) is 10.5 Å². The summed E-state index contributed by atoms with van der Waals surface area (Å²) < 4.78 is 5.42. The third-order valence-corrected chi connectivity index (χ3v) is 3.94. The van der Waals surface area contributed by atoms with Crippen molar-refractivity contribution in [3.63, 3.8) is 0 Å². The highest BCUT2D eigenvalue weighted by Gasteiger charge is 2.18. The molecule has 2 aromatic rings. The molecule has 0 saturated heterocycles. The molecule has 0 spiro atoms. The molecule has 4 heteroatoms. The first-order valence-electron chi connectivity index (χ1n) is 5.99. The highest BCUT2D eigenvalue weighted by Crippen LogP contribution is 2.31. The number of aromatic nitrogens is 1. The van der Waals surface area contributed by atoms with E-state index in [-0.39, 0.29) is 5.54 Å². The van der Waals surface area contributed by atoms with Crippen LogP contribution >= 0.6 is 11.3 Å². The number of rotatable bonds is 4. The molecule has 2 N–H and O–H groups in total. The molecule has 18 heavy (non-hydrogen) atoms. The summed E-state index contributed by atoms with van der Waals surface area (Å²) >= 11 is 1.64. The topological polar surface area (TPSA) is 48.1 Å². The SMILES string of the molecule is CCOc1ccc(-c2ncc(C(C)(C)N)s2)cc1. The van der Waals surface area contributed by atoms with Crippen LogP contribution in [0.3, 0.4) is 0 Å². The molecule has 1 aromatic heterocycles. The van der Waals surface area contributed by atoms with Crippen LogP contribution < -0.4 is 10.5 Å². The molecule has 0 saturated carbocycles. The lowest BCUT2D eigenvalue weighted by molar-refractivity contribution is 0.340. The summed E-state index contributed by atoms with van der Waals surface area (Å²) in [6.45, 7) is 6.64. The smallest absolute Gasteiger partial charge is 0.123 e. The zero-order chi connectivity index (χ0) is 13.2. The summed E-state index contributed by atoms with van der Waals surface area (Å²) in [4.78, 5) is 5.52. The van der Waals surface area contributed by atoms with Crippen molar-refractivity contribution in [3.8, 4) is 16.3 Å². The van der Waals surface area contributed by atoms with Gasteiger partial charge in [-0.3, -0.25) is 0 Å². The standard InChI is InChI=1S/C14H18N2OS/c1-4-17-11-7-5-10(6-8-11)13-16-9-12(18-13)14(2,3)15/h5-9H,4,15H2,1-3H3. The molecule has 0 amide bonds. The molecule has 0 aliphatic rings. The molecule has 1 heterocycles. The molecule has 3 nitrogen and oxygen atoms in total. The van der Waals surface area contributed by atoms with Crippen LogP contribution in [0.1, 0.15) is 25.6 Å². The van der Waals surface area contributed by atoms with E-state index in [0.29, 0.717) is 6.61 Å². The van der Waals surface area contributed by atoms with Gasteiger partial charge in [-0.1, -0.05) is 0 Å². The Morgan fingerprint density at radius 1 is 1.28 bits per heavy atom.